The van der Waals surface area contributed by atoms with Crippen LogP contribution in [-0.2, 0) is 25.5 Å². The Hall–Kier alpha value is -3.43. The molecule has 9 heteroatoms. The molecule has 2 N–H and O–H groups in total. The van der Waals surface area contributed by atoms with Crippen molar-refractivity contribution in [3.63, 3.8) is 0 Å². The molecule has 2 aliphatic heterocycles. The number of rotatable bonds is 7. The summed E-state index contributed by atoms with van der Waals surface area (Å²) < 4.78 is 18.0. The van der Waals surface area contributed by atoms with Crippen molar-refractivity contribution in [3.05, 3.63) is 53.9 Å². The second-order valence-electron chi connectivity index (χ2n) is 8.90. The average molecular weight is 479 g/mol. The number of hydrogen-bond acceptors (Lipinski definition) is 7. The highest BCUT2D eigenvalue weighted by molar-refractivity contribution is 6.12. The molecule has 0 radical (unpaired) electrons. The minimum Gasteiger partial charge on any atom is -0.464 e. The van der Waals surface area contributed by atoms with Gasteiger partial charge in [-0.1, -0.05) is 30.3 Å². The summed E-state index contributed by atoms with van der Waals surface area (Å²) in [6, 6.07) is 12.0. The Labute approximate surface area is 203 Å². The van der Waals surface area contributed by atoms with Gasteiger partial charge in [0.05, 0.1) is 24.7 Å². The zero-order valence-electron chi connectivity index (χ0n) is 19.8. The SMILES string of the molecule is COC(=O)c1c(NC(=O)[C@H]2CCCO2)c2cc(NC3CCOCC3)cnc2n1Cc1ccccc1. The first-order valence-electron chi connectivity index (χ1n) is 12.0. The van der Waals surface area contributed by atoms with Crippen LogP contribution < -0.4 is 10.6 Å². The minimum absolute atomic E-state index is 0.258. The van der Waals surface area contributed by atoms with Gasteiger partial charge >= 0.3 is 5.97 Å². The highest BCUT2D eigenvalue weighted by atomic mass is 16.5. The molecule has 4 heterocycles. The number of methoxy groups -OCH3 is 1. The third kappa shape index (κ3) is 5.01. The number of ether oxygens (including phenoxy) is 3. The lowest BCUT2D eigenvalue weighted by Crippen LogP contribution is -2.28. The topological polar surface area (TPSA) is 104 Å². The number of esters is 1. The van der Waals surface area contributed by atoms with Gasteiger partial charge in [0.2, 0.25) is 0 Å². The molecule has 184 valence electrons. The first kappa shape index (κ1) is 23.3. The lowest BCUT2D eigenvalue weighted by molar-refractivity contribution is -0.124. The highest BCUT2D eigenvalue weighted by Gasteiger charge is 2.30. The fourth-order valence-electron chi connectivity index (χ4n) is 4.73. The van der Waals surface area contributed by atoms with Gasteiger partial charge in [-0.25, -0.2) is 9.78 Å². The molecule has 9 nitrogen and oxygen atoms in total. The number of carbonyl (C=O) groups is 2. The van der Waals surface area contributed by atoms with Gasteiger partial charge in [-0.05, 0) is 37.3 Å². The molecule has 1 atom stereocenters. The number of nitrogens with zero attached hydrogens (tertiary/aromatic N) is 2. The molecule has 0 saturated carbocycles. The fourth-order valence-corrected chi connectivity index (χ4v) is 4.73. The van der Waals surface area contributed by atoms with Crippen molar-refractivity contribution in [2.75, 3.05) is 37.6 Å². The summed E-state index contributed by atoms with van der Waals surface area (Å²) in [7, 11) is 1.34. The zero-order valence-corrected chi connectivity index (χ0v) is 19.8. The van der Waals surface area contributed by atoms with Crippen molar-refractivity contribution in [3.8, 4) is 0 Å². The third-order valence-electron chi connectivity index (χ3n) is 6.52. The van der Waals surface area contributed by atoms with Crippen molar-refractivity contribution < 1.29 is 23.8 Å². The molecule has 1 aromatic carbocycles. The van der Waals surface area contributed by atoms with E-state index in [0.717, 1.165) is 43.7 Å². The lowest BCUT2D eigenvalue weighted by Gasteiger charge is -2.24. The normalized spacial score (nSPS) is 18.5. The molecule has 2 aliphatic rings. The number of amides is 1. The summed E-state index contributed by atoms with van der Waals surface area (Å²) in [6.45, 7) is 2.39. The smallest absolute Gasteiger partial charge is 0.356 e. The van der Waals surface area contributed by atoms with Crippen LogP contribution in [0.2, 0.25) is 0 Å². The Balaban J connectivity index is 1.59. The first-order chi connectivity index (χ1) is 17.1. The molecular weight excluding hydrogens is 448 g/mol. The van der Waals surface area contributed by atoms with E-state index in [1.165, 1.54) is 7.11 Å². The fraction of sp³-hybridized carbons (Fsp3) is 0.423. The van der Waals surface area contributed by atoms with Crippen LogP contribution in [0.1, 0.15) is 41.7 Å². The zero-order chi connectivity index (χ0) is 24.2. The van der Waals surface area contributed by atoms with Crippen LogP contribution in [0.15, 0.2) is 42.6 Å². The molecule has 1 amide bonds. The molecule has 3 aromatic rings. The van der Waals surface area contributed by atoms with Crippen LogP contribution >= 0.6 is 0 Å². The Morgan fingerprint density at radius 2 is 1.94 bits per heavy atom. The summed E-state index contributed by atoms with van der Waals surface area (Å²) in [5.41, 5.74) is 3.07. The van der Waals surface area contributed by atoms with E-state index >= 15 is 0 Å². The van der Waals surface area contributed by atoms with E-state index < -0.39 is 12.1 Å². The maximum atomic E-state index is 13.0. The molecule has 0 aliphatic carbocycles. The third-order valence-corrected chi connectivity index (χ3v) is 6.52. The van der Waals surface area contributed by atoms with Crippen LogP contribution in [-0.4, -0.2) is 60.5 Å². The number of anilines is 2. The van der Waals surface area contributed by atoms with Gasteiger partial charge in [-0.3, -0.25) is 4.79 Å². The molecule has 2 fully saturated rings. The van der Waals surface area contributed by atoms with Crippen LogP contribution in [0.5, 0.6) is 0 Å². The molecular formula is C26H30N4O5. The van der Waals surface area contributed by atoms with Crippen molar-refractivity contribution in [1.82, 2.24) is 9.55 Å². The summed E-state index contributed by atoms with van der Waals surface area (Å²) in [6.07, 6.45) is 4.53. The van der Waals surface area contributed by atoms with E-state index in [2.05, 4.69) is 10.6 Å². The van der Waals surface area contributed by atoms with Crippen molar-refractivity contribution in [1.29, 1.82) is 0 Å². The van der Waals surface area contributed by atoms with E-state index in [4.69, 9.17) is 19.2 Å². The summed E-state index contributed by atoms with van der Waals surface area (Å²) in [5.74, 6) is -0.810. The average Bonchev–Trinajstić information content (AvgIpc) is 3.53. The Morgan fingerprint density at radius 3 is 2.66 bits per heavy atom. The second-order valence-corrected chi connectivity index (χ2v) is 8.90. The number of fused-ring (bicyclic) bond motifs is 1. The number of carbonyl (C=O) groups excluding carboxylic acids is 2. The van der Waals surface area contributed by atoms with Crippen LogP contribution in [0.3, 0.4) is 0 Å². The number of nitrogens with one attached hydrogen (secondary N) is 2. The standard InChI is InChI=1S/C26H30N4O5/c1-33-26(32)23-22(29-25(31)21-8-5-11-35-21)20-14-19(28-18-9-12-34-13-10-18)15-27-24(20)30(23)16-17-6-3-2-4-7-17/h2-4,6-7,14-15,18,21,28H,5,8-13,16H2,1H3,(H,29,31)/t21-/m1/s1. The summed E-state index contributed by atoms with van der Waals surface area (Å²) in [5, 5.41) is 7.17. The summed E-state index contributed by atoms with van der Waals surface area (Å²) >= 11 is 0. The maximum Gasteiger partial charge on any atom is 0.356 e. The predicted molar refractivity (Wildman–Crippen MR) is 132 cm³/mol. The number of aromatic nitrogens is 2. The van der Waals surface area contributed by atoms with Crippen molar-refractivity contribution in [2.45, 2.75) is 44.4 Å². The first-order valence-corrected chi connectivity index (χ1v) is 12.0. The number of pyridine rings is 1. The van der Waals surface area contributed by atoms with E-state index in [1.807, 2.05) is 36.4 Å². The second kappa shape index (κ2) is 10.5. The van der Waals surface area contributed by atoms with Crippen molar-refractivity contribution in [2.24, 2.45) is 0 Å². The molecule has 35 heavy (non-hydrogen) atoms. The predicted octanol–water partition coefficient (Wildman–Crippen LogP) is 3.58. The van der Waals surface area contributed by atoms with Gasteiger partial charge in [0.25, 0.3) is 5.91 Å². The van der Waals surface area contributed by atoms with Gasteiger partial charge in [0, 0.05) is 37.8 Å². The molecule has 5 rings (SSSR count). The van der Waals surface area contributed by atoms with Gasteiger partial charge in [0.1, 0.15) is 11.8 Å². The lowest BCUT2D eigenvalue weighted by atomic mass is 10.1. The largest absolute Gasteiger partial charge is 0.464 e. The monoisotopic (exact) mass is 478 g/mol. The van der Waals surface area contributed by atoms with E-state index in [-0.39, 0.29) is 17.6 Å². The molecule has 2 saturated heterocycles. The van der Waals surface area contributed by atoms with Gasteiger partial charge < -0.3 is 29.4 Å². The molecule has 0 bridgehead atoms. The van der Waals surface area contributed by atoms with Gasteiger partial charge in [-0.15, -0.1) is 0 Å². The minimum atomic E-state index is -0.541. The van der Waals surface area contributed by atoms with Gasteiger partial charge in [-0.2, -0.15) is 0 Å². The number of hydrogen-bond donors (Lipinski definition) is 2. The number of benzene rings is 1. The van der Waals surface area contributed by atoms with Gasteiger partial charge in [0.15, 0.2) is 5.69 Å². The summed E-state index contributed by atoms with van der Waals surface area (Å²) in [4.78, 5) is 30.8. The quantitative estimate of drug-likeness (QED) is 0.500. The Morgan fingerprint density at radius 1 is 1.14 bits per heavy atom. The van der Waals surface area contributed by atoms with Crippen LogP contribution in [0.4, 0.5) is 11.4 Å². The van der Waals surface area contributed by atoms with E-state index in [1.54, 1.807) is 10.8 Å². The van der Waals surface area contributed by atoms with E-state index in [0.29, 0.717) is 36.3 Å². The molecule has 0 unspecified atom stereocenters. The molecule has 0 spiro atoms. The molecule has 2 aromatic heterocycles. The highest BCUT2D eigenvalue weighted by Crippen LogP contribution is 2.34. The van der Waals surface area contributed by atoms with Crippen molar-refractivity contribution >= 4 is 34.3 Å². The Bertz CT molecular complexity index is 1200. The maximum absolute atomic E-state index is 13.0. The van der Waals surface area contributed by atoms with Crippen LogP contribution in [0.25, 0.3) is 11.0 Å². The Kier molecular flexibility index (Phi) is 6.96. The van der Waals surface area contributed by atoms with E-state index in [9.17, 15) is 9.59 Å². The van der Waals surface area contributed by atoms with Crippen LogP contribution in [0, 0.1) is 0 Å².